The van der Waals surface area contributed by atoms with E-state index in [1.54, 1.807) is 23.5 Å². The molecule has 0 fully saturated rings. The van der Waals surface area contributed by atoms with Gasteiger partial charge in [-0.15, -0.1) is 0 Å². The summed E-state index contributed by atoms with van der Waals surface area (Å²) in [6, 6.07) is 29.0. The van der Waals surface area contributed by atoms with Gasteiger partial charge in [-0.25, -0.2) is 0 Å². The van der Waals surface area contributed by atoms with Crippen LogP contribution in [0.1, 0.15) is 33.4 Å². The molecule has 0 bridgehead atoms. The Labute approximate surface area is 277 Å². The van der Waals surface area contributed by atoms with E-state index >= 15 is 0 Å². The third-order valence-corrected chi connectivity index (χ3v) is 8.48. The highest BCUT2D eigenvalue weighted by atomic mass is 19.4. The summed E-state index contributed by atoms with van der Waals surface area (Å²) in [5.41, 5.74) is 5.21. The van der Waals surface area contributed by atoms with Gasteiger partial charge in [-0.2, -0.15) is 13.2 Å². The summed E-state index contributed by atoms with van der Waals surface area (Å²) in [6.07, 6.45) is 4.23. The van der Waals surface area contributed by atoms with Crippen molar-refractivity contribution in [3.05, 3.63) is 161 Å². The molecule has 1 aromatic heterocycles. The van der Waals surface area contributed by atoms with Gasteiger partial charge in [0.25, 0.3) is 0 Å². The third-order valence-electron chi connectivity index (χ3n) is 8.48. The van der Waals surface area contributed by atoms with Crippen molar-refractivity contribution >= 4 is 17.9 Å². The maximum Gasteiger partial charge on any atom is 0.416 e. The monoisotopic (exact) mass is 646 g/mol. The number of amides is 2. The standard InChI is InChI=1S/C39H33F3N4O2/c40-39(41,42)34-17-12-28(13-18-34)14-19-37(47)46(26-30-10-15-32(16-11-30)35-25-43-21-22-44-35)36(24-29-6-2-1-3-7-29)38(48)45-23-20-31-8-4-5-9-33(31)27-45/h1-19,21-22,25,36H,20,23-24,26-27H2. The third kappa shape index (κ3) is 7.86. The summed E-state index contributed by atoms with van der Waals surface area (Å²) in [5, 5.41) is 0. The predicted octanol–water partition coefficient (Wildman–Crippen LogP) is 7.40. The molecule has 0 aliphatic carbocycles. The minimum absolute atomic E-state index is 0.130. The molecular formula is C39H33F3N4O2. The normalized spacial score (nSPS) is 13.6. The number of carbonyl (C=O) groups is 2. The molecule has 48 heavy (non-hydrogen) atoms. The van der Waals surface area contributed by atoms with Crippen LogP contribution >= 0.6 is 0 Å². The lowest BCUT2D eigenvalue weighted by atomic mass is 9.97. The highest BCUT2D eigenvalue weighted by Gasteiger charge is 2.34. The summed E-state index contributed by atoms with van der Waals surface area (Å²) < 4.78 is 39.4. The first-order chi connectivity index (χ1) is 23.2. The molecule has 0 saturated heterocycles. The zero-order valence-electron chi connectivity index (χ0n) is 26.1. The fourth-order valence-corrected chi connectivity index (χ4v) is 5.88. The first-order valence-electron chi connectivity index (χ1n) is 15.7. The lowest BCUT2D eigenvalue weighted by molar-refractivity contribution is -0.144. The lowest BCUT2D eigenvalue weighted by Gasteiger charge is -2.37. The zero-order valence-corrected chi connectivity index (χ0v) is 26.1. The fourth-order valence-electron chi connectivity index (χ4n) is 5.88. The number of benzene rings is 4. The predicted molar refractivity (Wildman–Crippen MR) is 178 cm³/mol. The number of alkyl halides is 3. The molecule has 1 atom stereocenters. The molecule has 6 rings (SSSR count). The SMILES string of the molecule is O=C(C(Cc1ccccc1)N(Cc1ccc(-c2cnccn2)cc1)C(=O)C=Cc1ccc(C(F)(F)F)cc1)N1CCc2ccccc2C1. The number of aromatic nitrogens is 2. The molecule has 1 unspecified atom stereocenters. The molecule has 2 heterocycles. The summed E-state index contributed by atoms with van der Waals surface area (Å²) >= 11 is 0. The van der Waals surface area contributed by atoms with Crippen molar-refractivity contribution in [1.29, 1.82) is 0 Å². The van der Waals surface area contributed by atoms with E-state index in [9.17, 15) is 22.8 Å². The molecule has 9 heteroatoms. The highest BCUT2D eigenvalue weighted by molar-refractivity contribution is 5.96. The Morgan fingerprint density at radius 3 is 2.23 bits per heavy atom. The minimum atomic E-state index is -4.46. The van der Waals surface area contributed by atoms with E-state index in [0.717, 1.165) is 34.4 Å². The van der Waals surface area contributed by atoms with Crippen molar-refractivity contribution in [2.24, 2.45) is 0 Å². The van der Waals surface area contributed by atoms with Gasteiger partial charge in [-0.3, -0.25) is 19.6 Å². The van der Waals surface area contributed by atoms with Crippen LogP contribution in [-0.2, 0) is 41.7 Å². The Morgan fingerprint density at radius 2 is 1.54 bits per heavy atom. The molecule has 4 aromatic carbocycles. The second kappa shape index (κ2) is 14.5. The van der Waals surface area contributed by atoms with Crippen LogP contribution in [0, 0.1) is 0 Å². The fraction of sp³-hybridized carbons (Fsp3) is 0.179. The van der Waals surface area contributed by atoms with Gasteiger partial charge >= 0.3 is 6.18 Å². The lowest BCUT2D eigenvalue weighted by Crippen LogP contribution is -2.52. The van der Waals surface area contributed by atoms with E-state index in [1.807, 2.05) is 77.7 Å². The highest BCUT2D eigenvalue weighted by Crippen LogP contribution is 2.29. The zero-order chi connectivity index (χ0) is 33.5. The van der Waals surface area contributed by atoms with E-state index in [2.05, 4.69) is 16.0 Å². The largest absolute Gasteiger partial charge is 0.416 e. The minimum Gasteiger partial charge on any atom is -0.336 e. The van der Waals surface area contributed by atoms with Crippen molar-refractivity contribution in [2.75, 3.05) is 6.54 Å². The Bertz CT molecular complexity index is 1880. The van der Waals surface area contributed by atoms with Crippen LogP contribution in [0.2, 0.25) is 0 Å². The number of carbonyl (C=O) groups excluding carboxylic acids is 2. The van der Waals surface area contributed by atoms with Gasteiger partial charge in [0.15, 0.2) is 0 Å². The van der Waals surface area contributed by atoms with E-state index in [-0.39, 0.29) is 18.9 Å². The van der Waals surface area contributed by atoms with Gasteiger partial charge < -0.3 is 9.80 Å². The van der Waals surface area contributed by atoms with E-state index < -0.39 is 23.7 Å². The molecule has 1 aliphatic heterocycles. The van der Waals surface area contributed by atoms with Crippen LogP contribution in [0.15, 0.2) is 128 Å². The second-order valence-electron chi connectivity index (χ2n) is 11.7. The van der Waals surface area contributed by atoms with Crippen molar-refractivity contribution in [1.82, 2.24) is 19.8 Å². The van der Waals surface area contributed by atoms with Crippen molar-refractivity contribution in [3.63, 3.8) is 0 Å². The molecule has 0 saturated carbocycles. The number of rotatable bonds is 9. The quantitative estimate of drug-likeness (QED) is 0.157. The van der Waals surface area contributed by atoms with Gasteiger partial charge in [-0.05, 0) is 52.4 Å². The van der Waals surface area contributed by atoms with Crippen LogP contribution in [-0.4, -0.2) is 44.2 Å². The number of nitrogens with zero attached hydrogens (tertiary/aromatic N) is 4. The van der Waals surface area contributed by atoms with E-state index in [1.165, 1.54) is 29.8 Å². The van der Waals surface area contributed by atoms with Gasteiger partial charge in [-0.1, -0.05) is 91.0 Å². The molecule has 0 spiro atoms. The van der Waals surface area contributed by atoms with Crippen molar-refractivity contribution in [2.45, 2.75) is 38.1 Å². The molecule has 0 radical (unpaired) electrons. The van der Waals surface area contributed by atoms with Gasteiger partial charge in [0.05, 0.1) is 17.5 Å². The molecule has 1 aliphatic rings. The van der Waals surface area contributed by atoms with E-state index in [4.69, 9.17) is 0 Å². The number of fused-ring (bicyclic) bond motifs is 1. The van der Waals surface area contributed by atoms with E-state index in [0.29, 0.717) is 30.8 Å². The molecule has 242 valence electrons. The Balaban J connectivity index is 1.34. The Morgan fingerprint density at radius 1 is 0.833 bits per heavy atom. The smallest absolute Gasteiger partial charge is 0.336 e. The molecule has 2 amide bonds. The molecular weight excluding hydrogens is 613 g/mol. The average Bonchev–Trinajstić information content (AvgIpc) is 3.12. The first kappa shape index (κ1) is 32.4. The molecule has 6 nitrogen and oxygen atoms in total. The van der Waals surface area contributed by atoms with Crippen LogP contribution in [0.3, 0.4) is 0 Å². The van der Waals surface area contributed by atoms with Gasteiger partial charge in [0, 0.05) is 50.1 Å². The average molecular weight is 647 g/mol. The van der Waals surface area contributed by atoms with Gasteiger partial charge in [0.2, 0.25) is 11.8 Å². The first-order valence-corrected chi connectivity index (χ1v) is 15.7. The summed E-state index contributed by atoms with van der Waals surface area (Å²) in [6.45, 7) is 1.10. The summed E-state index contributed by atoms with van der Waals surface area (Å²) in [5.74, 6) is -0.597. The summed E-state index contributed by atoms with van der Waals surface area (Å²) in [7, 11) is 0. The number of hydrogen-bond acceptors (Lipinski definition) is 4. The topological polar surface area (TPSA) is 66.4 Å². The second-order valence-corrected chi connectivity index (χ2v) is 11.7. The molecule has 5 aromatic rings. The Kier molecular flexibility index (Phi) is 9.75. The van der Waals surface area contributed by atoms with Crippen LogP contribution in [0.4, 0.5) is 13.2 Å². The van der Waals surface area contributed by atoms with Crippen molar-refractivity contribution < 1.29 is 22.8 Å². The summed E-state index contributed by atoms with van der Waals surface area (Å²) in [4.78, 5) is 40.5. The Hall–Kier alpha value is -5.57. The van der Waals surface area contributed by atoms with Gasteiger partial charge in [0.1, 0.15) is 6.04 Å². The maximum absolute atomic E-state index is 14.5. The number of halogens is 3. The van der Waals surface area contributed by atoms with Crippen LogP contribution in [0.25, 0.3) is 17.3 Å². The number of hydrogen-bond donors (Lipinski definition) is 0. The molecule has 0 N–H and O–H groups in total. The van der Waals surface area contributed by atoms with Crippen LogP contribution < -0.4 is 0 Å². The maximum atomic E-state index is 14.5. The van der Waals surface area contributed by atoms with Crippen LogP contribution in [0.5, 0.6) is 0 Å². The van der Waals surface area contributed by atoms with Crippen molar-refractivity contribution in [3.8, 4) is 11.3 Å².